The molecule has 6 nitrogen and oxygen atoms in total. The third-order valence-electron chi connectivity index (χ3n) is 2.80. The number of ether oxygens (including phenoxy) is 1. The molecule has 0 aliphatic rings. The summed E-state index contributed by atoms with van der Waals surface area (Å²) in [5.74, 6) is -0.463. The van der Waals surface area contributed by atoms with Crippen molar-refractivity contribution >= 4 is 5.97 Å². The molecule has 106 valence electrons. The van der Waals surface area contributed by atoms with Crippen LogP contribution in [0.5, 0.6) is 11.6 Å². The van der Waals surface area contributed by atoms with Crippen LogP contribution in [0.4, 0.5) is 0 Å². The number of hydrogen-bond acceptors (Lipinski definition) is 4. The molecule has 0 aromatic carbocycles. The zero-order chi connectivity index (χ0) is 14.7. The van der Waals surface area contributed by atoms with E-state index in [-0.39, 0.29) is 11.4 Å². The molecule has 0 amide bonds. The van der Waals surface area contributed by atoms with Crippen LogP contribution in [-0.4, -0.2) is 25.8 Å². The van der Waals surface area contributed by atoms with Gasteiger partial charge in [0.05, 0.1) is 12.4 Å². The first-order valence-corrected chi connectivity index (χ1v) is 6.43. The summed E-state index contributed by atoms with van der Waals surface area (Å²) in [6.45, 7) is 6.36. The van der Waals surface area contributed by atoms with Crippen molar-refractivity contribution in [2.75, 3.05) is 0 Å². The molecule has 0 saturated heterocycles. The number of carboxylic acids is 1. The summed E-state index contributed by atoms with van der Waals surface area (Å²) in [5, 5.41) is 13.4. The maximum absolute atomic E-state index is 11.3. The van der Waals surface area contributed by atoms with Gasteiger partial charge in [0.25, 0.3) is 0 Å². The Kier molecular flexibility index (Phi) is 4.02. The van der Waals surface area contributed by atoms with E-state index in [0.717, 1.165) is 13.0 Å². The van der Waals surface area contributed by atoms with E-state index in [9.17, 15) is 9.90 Å². The molecule has 0 atom stereocenters. The number of aromatic nitrogens is 3. The van der Waals surface area contributed by atoms with Gasteiger partial charge in [-0.2, -0.15) is 5.10 Å². The van der Waals surface area contributed by atoms with Crippen molar-refractivity contribution in [1.29, 1.82) is 0 Å². The van der Waals surface area contributed by atoms with Crippen molar-refractivity contribution in [3.05, 3.63) is 35.3 Å². The quantitative estimate of drug-likeness (QED) is 0.907. The molecule has 0 aliphatic heterocycles. The lowest BCUT2D eigenvalue weighted by Crippen LogP contribution is -2.06. The van der Waals surface area contributed by atoms with Crippen molar-refractivity contribution < 1.29 is 14.6 Å². The molecule has 2 aromatic rings. The van der Waals surface area contributed by atoms with Crippen LogP contribution < -0.4 is 4.74 Å². The molecule has 0 spiro atoms. The van der Waals surface area contributed by atoms with Gasteiger partial charge in [-0.15, -0.1) is 0 Å². The maximum Gasteiger partial charge on any atom is 0.341 e. The summed E-state index contributed by atoms with van der Waals surface area (Å²) < 4.78 is 7.33. The fraction of sp³-hybridized carbons (Fsp3) is 0.357. The average molecular weight is 275 g/mol. The molecule has 0 bridgehead atoms. The number of aryl methyl sites for hydroxylation is 3. The van der Waals surface area contributed by atoms with E-state index >= 15 is 0 Å². The van der Waals surface area contributed by atoms with Gasteiger partial charge in [-0.3, -0.25) is 4.68 Å². The molecule has 0 fully saturated rings. The highest BCUT2D eigenvalue weighted by atomic mass is 16.5. The van der Waals surface area contributed by atoms with Crippen LogP contribution in [0.2, 0.25) is 0 Å². The number of nitrogens with zero attached hydrogens (tertiary/aromatic N) is 3. The highest BCUT2D eigenvalue weighted by Crippen LogP contribution is 2.26. The monoisotopic (exact) mass is 275 g/mol. The molecule has 2 aromatic heterocycles. The zero-order valence-corrected chi connectivity index (χ0v) is 11.8. The molecule has 1 N–H and O–H groups in total. The molecule has 0 saturated carbocycles. The standard InChI is InChI=1S/C14H17N3O3/c1-4-5-17-8-11(7-15-17)20-13-12(14(18)19)9(2)6-10(3)16-13/h6-8H,4-5H2,1-3H3,(H,18,19). The van der Waals surface area contributed by atoms with E-state index in [2.05, 4.69) is 17.0 Å². The predicted octanol–water partition coefficient (Wildman–Crippen LogP) is 2.80. The van der Waals surface area contributed by atoms with Crippen LogP contribution in [-0.2, 0) is 6.54 Å². The number of pyridine rings is 1. The van der Waals surface area contributed by atoms with Gasteiger partial charge in [0, 0.05) is 12.2 Å². The Bertz CT molecular complexity index is 635. The molecule has 0 aliphatic carbocycles. The van der Waals surface area contributed by atoms with Crippen LogP contribution >= 0.6 is 0 Å². The van der Waals surface area contributed by atoms with Crippen molar-refractivity contribution in [3.63, 3.8) is 0 Å². The summed E-state index contributed by atoms with van der Waals surface area (Å²) in [4.78, 5) is 15.5. The number of carbonyl (C=O) groups is 1. The fourth-order valence-corrected chi connectivity index (χ4v) is 2.00. The van der Waals surface area contributed by atoms with E-state index in [4.69, 9.17) is 4.74 Å². The second kappa shape index (κ2) is 5.73. The van der Waals surface area contributed by atoms with Crippen LogP contribution in [0.15, 0.2) is 18.5 Å². The van der Waals surface area contributed by atoms with E-state index in [1.807, 2.05) is 0 Å². The van der Waals surface area contributed by atoms with E-state index < -0.39 is 5.97 Å². The smallest absolute Gasteiger partial charge is 0.341 e. The van der Waals surface area contributed by atoms with Crippen molar-refractivity contribution in [1.82, 2.24) is 14.8 Å². The third-order valence-corrected chi connectivity index (χ3v) is 2.80. The van der Waals surface area contributed by atoms with Gasteiger partial charge < -0.3 is 9.84 Å². The Hall–Kier alpha value is -2.37. The first-order chi connectivity index (χ1) is 9.51. The highest BCUT2D eigenvalue weighted by molar-refractivity contribution is 5.92. The Morgan fingerprint density at radius 1 is 1.45 bits per heavy atom. The molecule has 0 radical (unpaired) electrons. The van der Waals surface area contributed by atoms with Gasteiger partial charge >= 0.3 is 5.97 Å². The van der Waals surface area contributed by atoms with Gasteiger partial charge in [0.15, 0.2) is 5.75 Å². The van der Waals surface area contributed by atoms with E-state index in [1.165, 1.54) is 0 Å². The van der Waals surface area contributed by atoms with Crippen LogP contribution in [0.25, 0.3) is 0 Å². The molecular weight excluding hydrogens is 258 g/mol. The number of rotatable bonds is 5. The topological polar surface area (TPSA) is 77.2 Å². The normalized spacial score (nSPS) is 10.6. The summed E-state index contributed by atoms with van der Waals surface area (Å²) >= 11 is 0. The van der Waals surface area contributed by atoms with Gasteiger partial charge in [-0.25, -0.2) is 9.78 Å². The minimum absolute atomic E-state index is 0.0823. The van der Waals surface area contributed by atoms with Gasteiger partial charge in [0.1, 0.15) is 5.56 Å². The Morgan fingerprint density at radius 3 is 2.85 bits per heavy atom. The van der Waals surface area contributed by atoms with Gasteiger partial charge in [-0.05, 0) is 31.9 Å². The van der Waals surface area contributed by atoms with E-state index in [0.29, 0.717) is 17.0 Å². The average Bonchev–Trinajstić information content (AvgIpc) is 2.75. The first-order valence-electron chi connectivity index (χ1n) is 6.43. The minimum atomic E-state index is -1.05. The minimum Gasteiger partial charge on any atom is -0.477 e. The van der Waals surface area contributed by atoms with Crippen LogP contribution in [0, 0.1) is 13.8 Å². The molecule has 20 heavy (non-hydrogen) atoms. The molecule has 2 rings (SSSR count). The van der Waals surface area contributed by atoms with Crippen molar-refractivity contribution in [2.24, 2.45) is 0 Å². The summed E-state index contributed by atoms with van der Waals surface area (Å²) in [6, 6.07) is 1.72. The largest absolute Gasteiger partial charge is 0.477 e. The number of carboxylic acid groups (broad SMARTS) is 1. The highest BCUT2D eigenvalue weighted by Gasteiger charge is 2.18. The fourth-order valence-electron chi connectivity index (χ4n) is 2.00. The molecule has 0 unspecified atom stereocenters. The van der Waals surface area contributed by atoms with Crippen LogP contribution in [0.3, 0.4) is 0 Å². The Balaban J connectivity index is 2.34. The second-order valence-corrected chi connectivity index (χ2v) is 4.61. The summed E-state index contributed by atoms with van der Waals surface area (Å²) in [5.41, 5.74) is 1.42. The lowest BCUT2D eigenvalue weighted by atomic mass is 10.1. The lowest BCUT2D eigenvalue weighted by Gasteiger charge is -2.09. The van der Waals surface area contributed by atoms with Gasteiger partial charge in [-0.1, -0.05) is 6.92 Å². The first kappa shape index (κ1) is 14.0. The predicted molar refractivity (Wildman–Crippen MR) is 73.3 cm³/mol. The summed E-state index contributed by atoms with van der Waals surface area (Å²) in [7, 11) is 0. The summed E-state index contributed by atoms with van der Waals surface area (Å²) in [6.07, 6.45) is 4.25. The molecular formula is C14H17N3O3. The zero-order valence-electron chi connectivity index (χ0n) is 11.8. The Labute approximate surface area is 117 Å². The number of aromatic carboxylic acids is 1. The molecule has 6 heteroatoms. The van der Waals surface area contributed by atoms with Crippen molar-refractivity contribution in [2.45, 2.75) is 33.7 Å². The second-order valence-electron chi connectivity index (χ2n) is 4.61. The third kappa shape index (κ3) is 2.96. The van der Waals surface area contributed by atoms with Gasteiger partial charge in [0.2, 0.25) is 5.88 Å². The maximum atomic E-state index is 11.3. The molecule has 2 heterocycles. The Morgan fingerprint density at radius 2 is 2.20 bits per heavy atom. The SMILES string of the molecule is CCCn1cc(Oc2nc(C)cc(C)c2C(=O)O)cn1. The van der Waals surface area contributed by atoms with Crippen LogP contribution in [0.1, 0.15) is 35.0 Å². The van der Waals surface area contributed by atoms with Crippen molar-refractivity contribution in [3.8, 4) is 11.6 Å². The number of hydrogen-bond donors (Lipinski definition) is 1. The lowest BCUT2D eigenvalue weighted by molar-refractivity contribution is 0.0692. The van der Waals surface area contributed by atoms with E-state index in [1.54, 1.807) is 37.0 Å².